The normalized spacial score (nSPS) is 14.8. The zero-order valence-corrected chi connectivity index (χ0v) is 11.3. The zero-order valence-electron chi connectivity index (χ0n) is 11.3. The van der Waals surface area contributed by atoms with Crippen molar-refractivity contribution >= 4 is 16.7 Å². The van der Waals surface area contributed by atoms with Gasteiger partial charge in [-0.25, -0.2) is 0 Å². The van der Waals surface area contributed by atoms with Gasteiger partial charge in [-0.05, 0) is 22.8 Å². The van der Waals surface area contributed by atoms with E-state index in [4.69, 9.17) is 0 Å². The third-order valence-corrected chi connectivity index (χ3v) is 3.62. The van der Waals surface area contributed by atoms with Gasteiger partial charge in [0.1, 0.15) is 0 Å². The standard InChI is InChI=1S/C16H19N3/c1-19-12-11-18-16(19)17-10-9-14-7-4-6-13-5-2-3-8-15(13)14/h2-8H,9-12H2,1H3,(H,17,18). The minimum atomic E-state index is 0.910. The molecule has 0 amide bonds. The average Bonchev–Trinajstić information content (AvgIpc) is 2.85. The summed E-state index contributed by atoms with van der Waals surface area (Å²) in [4.78, 5) is 6.61. The van der Waals surface area contributed by atoms with Crippen molar-refractivity contribution in [3.8, 4) is 0 Å². The SMILES string of the molecule is CN1CCN=C1NCCc1cccc2ccccc12. The molecule has 2 aromatic rings. The molecule has 3 nitrogen and oxygen atoms in total. The average molecular weight is 253 g/mol. The van der Waals surface area contributed by atoms with Crippen LogP contribution in [0, 0.1) is 0 Å². The Bertz CT molecular complexity index is 598. The van der Waals surface area contributed by atoms with Gasteiger partial charge >= 0.3 is 0 Å². The Balaban J connectivity index is 1.69. The lowest BCUT2D eigenvalue weighted by atomic mass is 10.0. The summed E-state index contributed by atoms with van der Waals surface area (Å²) in [5.41, 5.74) is 1.40. The number of aliphatic imine (C=N–C) groups is 1. The van der Waals surface area contributed by atoms with Crippen LogP contribution in [0.3, 0.4) is 0 Å². The van der Waals surface area contributed by atoms with E-state index >= 15 is 0 Å². The van der Waals surface area contributed by atoms with Gasteiger partial charge < -0.3 is 10.2 Å². The van der Waals surface area contributed by atoms with E-state index in [2.05, 4.69) is 64.7 Å². The first kappa shape index (κ1) is 12.0. The Morgan fingerprint density at radius 3 is 2.84 bits per heavy atom. The van der Waals surface area contributed by atoms with Crippen LogP contribution in [-0.4, -0.2) is 37.5 Å². The number of likely N-dealkylation sites (N-methyl/N-ethyl adjacent to an activating group) is 1. The number of fused-ring (bicyclic) bond motifs is 1. The van der Waals surface area contributed by atoms with Gasteiger partial charge in [0.15, 0.2) is 5.96 Å². The van der Waals surface area contributed by atoms with Crippen molar-refractivity contribution in [2.75, 3.05) is 26.7 Å². The first-order valence-electron chi connectivity index (χ1n) is 6.81. The molecule has 19 heavy (non-hydrogen) atoms. The predicted octanol–water partition coefficient (Wildman–Crippen LogP) is 2.27. The second-order valence-corrected chi connectivity index (χ2v) is 4.94. The number of nitrogens with zero attached hydrogens (tertiary/aromatic N) is 2. The van der Waals surface area contributed by atoms with Crippen molar-refractivity contribution < 1.29 is 0 Å². The van der Waals surface area contributed by atoms with Crippen LogP contribution in [0.2, 0.25) is 0 Å². The molecular formula is C16H19N3. The van der Waals surface area contributed by atoms with Crippen molar-refractivity contribution in [2.45, 2.75) is 6.42 Å². The van der Waals surface area contributed by atoms with Crippen LogP contribution in [0.25, 0.3) is 10.8 Å². The number of rotatable bonds is 3. The van der Waals surface area contributed by atoms with Gasteiger partial charge in [0.05, 0.1) is 6.54 Å². The molecular weight excluding hydrogens is 234 g/mol. The molecule has 0 saturated carbocycles. The van der Waals surface area contributed by atoms with Crippen LogP contribution in [0.5, 0.6) is 0 Å². The van der Waals surface area contributed by atoms with Crippen molar-refractivity contribution in [1.29, 1.82) is 0 Å². The molecule has 98 valence electrons. The summed E-state index contributed by atoms with van der Waals surface area (Å²) < 4.78 is 0. The van der Waals surface area contributed by atoms with Crippen LogP contribution in [0.15, 0.2) is 47.5 Å². The lowest BCUT2D eigenvalue weighted by Crippen LogP contribution is -2.36. The quantitative estimate of drug-likeness (QED) is 0.908. The fourth-order valence-corrected chi connectivity index (χ4v) is 2.54. The van der Waals surface area contributed by atoms with E-state index in [1.807, 2.05) is 0 Å². The van der Waals surface area contributed by atoms with Gasteiger partial charge in [0.25, 0.3) is 0 Å². The smallest absolute Gasteiger partial charge is 0.193 e. The fourth-order valence-electron chi connectivity index (χ4n) is 2.54. The van der Waals surface area contributed by atoms with E-state index < -0.39 is 0 Å². The van der Waals surface area contributed by atoms with Crippen LogP contribution in [0.1, 0.15) is 5.56 Å². The molecule has 0 aliphatic carbocycles. The Morgan fingerprint density at radius 1 is 1.16 bits per heavy atom. The van der Waals surface area contributed by atoms with Crippen LogP contribution in [-0.2, 0) is 6.42 Å². The van der Waals surface area contributed by atoms with Gasteiger partial charge in [0.2, 0.25) is 0 Å². The van der Waals surface area contributed by atoms with Crippen LogP contribution >= 0.6 is 0 Å². The van der Waals surface area contributed by atoms with E-state index in [0.29, 0.717) is 0 Å². The molecule has 1 heterocycles. The second kappa shape index (κ2) is 5.31. The first-order chi connectivity index (χ1) is 9.34. The van der Waals surface area contributed by atoms with Crippen molar-refractivity contribution in [1.82, 2.24) is 10.2 Å². The van der Waals surface area contributed by atoms with Gasteiger partial charge in [-0.15, -0.1) is 0 Å². The number of guanidine groups is 1. The monoisotopic (exact) mass is 253 g/mol. The summed E-state index contributed by atoms with van der Waals surface area (Å²) in [5.74, 6) is 1.03. The highest BCUT2D eigenvalue weighted by Crippen LogP contribution is 2.18. The highest BCUT2D eigenvalue weighted by Gasteiger charge is 2.11. The maximum atomic E-state index is 4.44. The Labute approximate surface area is 114 Å². The molecule has 0 spiro atoms. The molecule has 1 aliphatic heterocycles. The molecule has 0 fully saturated rings. The van der Waals surface area contributed by atoms with E-state index in [1.165, 1.54) is 16.3 Å². The minimum Gasteiger partial charge on any atom is -0.356 e. The third-order valence-electron chi connectivity index (χ3n) is 3.62. The lowest BCUT2D eigenvalue weighted by molar-refractivity contribution is 0.534. The Morgan fingerprint density at radius 2 is 2.00 bits per heavy atom. The van der Waals surface area contributed by atoms with Crippen molar-refractivity contribution in [3.05, 3.63) is 48.0 Å². The summed E-state index contributed by atoms with van der Waals surface area (Å²) in [6.45, 7) is 2.86. The molecule has 0 unspecified atom stereocenters. The number of hydrogen-bond acceptors (Lipinski definition) is 3. The third kappa shape index (κ3) is 2.55. The molecule has 1 aliphatic rings. The van der Waals surface area contributed by atoms with E-state index in [0.717, 1.165) is 32.0 Å². The summed E-state index contributed by atoms with van der Waals surface area (Å²) in [6.07, 6.45) is 1.02. The maximum absolute atomic E-state index is 4.44. The largest absolute Gasteiger partial charge is 0.356 e. The maximum Gasteiger partial charge on any atom is 0.193 e. The first-order valence-corrected chi connectivity index (χ1v) is 6.81. The highest BCUT2D eigenvalue weighted by molar-refractivity contribution is 5.86. The van der Waals surface area contributed by atoms with Gasteiger partial charge in [0, 0.05) is 20.1 Å². The summed E-state index contributed by atoms with van der Waals surface area (Å²) in [6, 6.07) is 15.1. The summed E-state index contributed by atoms with van der Waals surface area (Å²) in [7, 11) is 2.08. The predicted molar refractivity (Wildman–Crippen MR) is 80.6 cm³/mol. The second-order valence-electron chi connectivity index (χ2n) is 4.94. The van der Waals surface area contributed by atoms with Gasteiger partial charge in [-0.1, -0.05) is 42.5 Å². The number of benzene rings is 2. The zero-order chi connectivity index (χ0) is 13.1. The Kier molecular flexibility index (Phi) is 3.36. The summed E-state index contributed by atoms with van der Waals surface area (Å²) in [5, 5.41) is 6.09. The Hall–Kier alpha value is -2.03. The lowest BCUT2D eigenvalue weighted by Gasteiger charge is -2.15. The molecule has 1 N–H and O–H groups in total. The number of hydrogen-bond donors (Lipinski definition) is 1. The number of nitrogens with one attached hydrogen (secondary N) is 1. The van der Waals surface area contributed by atoms with E-state index in [-0.39, 0.29) is 0 Å². The molecule has 0 atom stereocenters. The molecule has 3 rings (SSSR count). The van der Waals surface area contributed by atoms with Crippen LogP contribution < -0.4 is 5.32 Å². The topological polar surface area (TPSA) is 27.6 Å². The van der Waals surface area contributed by atoms with E-state index in [1.54, 1.807) is 0 Å². The van der Waals surface area contributed by atoms with E-state index in [9.17, 15) is 0 Å². The van der Waals surface area contributed by atoms with Crippen LogP contribution in [0.4, 0.5) is 0 Å². The summed E-state index contributed by atoms with van der Waals surface area (Å²) >= 11 is 0. The van der Waals surface area contributed by atoms with Crippen molar-refractivity contribution in [2.24, 2.45) is 4.99 Å². The molecule has 2 aromatic carbocycles. The fraction of sp³-hybridized carbons (Fsp3) is 0.312. The van der Waals surface area contributed by atoms with Gasteiger partial charge in [-0.2, -0.15) is 0 Å². The molecule has 0 bridgehead atoms. The molecule has 0 radical (unpaired) electrons. The van der Waals surface area contributed by atoms with Crippen molar-refractivity contribution in [3.63, 3.8) is 0 Å². The van der Waals surface area contributed by atoms with Gasteiger partial charge in [-0.3, -0.25) is 4.99 Å². The minimum absolute atomic E-state index is 0.910. The highest BCUT2D eigenvalue weighted by atomic mass is 15.3. The molecule has 3 heteroatoms. The molecule has 0 saturated heterocycles. The molecule has 0 aromatic heterocycles.